The molecule has 0 spiro atoms. The molecule has 2 aromatic carbocycles. The highest BCUT2D eigenvalue weighted by molar-refractivity contribution is 5.99. The number of non-ortho nitro benzene ring substituents is 1. The number of hydrogen-bond donors (Lipinski definition) is 1. The molecule has 0 aliphatic heterocycles. The first kappa shape index (κ1) is 15.8. The minimum Gasteiger partial charge on any atom is -0.380 e. The van der Waals surface area contributed by atoms with Crippen molar-refractivity contribution in [3.05, 3.63) is 89.0 Å². The van der Waals surface area contributed by atoms with E-state index in [0.717, 1.165) is 22.3 Å². The summed E-state index contributed by atoms with van der Waals surface area (Å²) in [6.07, 6.45) is 6.91. The molecule has 0 fully saturated rings. The molecule has 1 N–H and O–H groups in total. The number of fused-ring (bicyclic) bond motifs is 1. The SMILES string of the molecule is O=[N+]([O-])c1ccc(NCc2cnn(-c3ccccc3)c2)c2ccncc12. The summed E-state index contributed by atoms with van der Waals surface area (Å²) in [5, 5.41) is 20.2. The van der Waals surface area contributed by atoms with Gasteiger partial charge in [0.1, 0.15) is 0 Å². The van der Waals surface area contributed by atoms with E-state index in [9.17, 15) is 10.1 Å². The average Bonchev–Trinajstić information content (AvgIpc) is 3.15. The lowest BCUT2D eigenvalue weighted by molar-refractivity contribution is -0.383. The van der Waals surface area contributed by atoms with Gasteiger partial charge in [-0.15, -0.1) is 0 Å². The van der Waals surface area contributed by atoms with Crippen molar-refractivity contribution in [1.82, 2.24) is 14.8 Å². The fourth-order valence-corrected chi connectivity index (χ4v) is 2.86. The molecule has 7 heteroatoms. The summed E-state index contributed by atoms with van der Waals surface area (Å²) in [6.45, 7) is 0.558. The number of rotatable bonds is 5. The highest BCUT2D eigenvalue weighted by atomic mass is 16.6. The van der Waals surface area contributed by atoms with Crippen LogP contribution >= 0.6 is 0 Å². The molecule has 0 aliphatic carbocycles. The van der Waals surface area contributed by atoms with Crippen LogP contribution in [0.4, 0.5) is 11.4 Å². The van der Waals surface area contributed by atoms with E-state index < -0.39 is 4.92 Å². The van der Waals surface area contributed by atoms with Crippen molar-refractivity contribution < 1.29 is 4.92 Å². The Hall–Kier alpha value is -3.74. The minimum absolute atomic E-state index is 0.0514. The molecule has 0 saturated heterocycles. The molecule has 2 aromatic heterocycles. The number of nitrogens with one attached hydrogen (secondary N) is 1. The maximum absolute atomic E-state index is 11.2. The number of aromatic nitrogens is 3. The highest BCUT2D eigenvalue weighted by Gasteiger charge is 2.14. The number of pyridine rings is 1. The fourth-order valence-electron chi connectivity index (χ4n) is 2.86. The van der Waals surface area contributed by atoms with Crippen molar-refractivity contribution in [2.45, 2.75) is 6.54 Å². The summed E-state index contributed by atoms with van der Waals surface area (Å²) in [4.78, 5) is 14.8. The van der Waals surface area contributed by atoms with Crippen LogP contribution in [0.25, 0.3) is 16.5 Å². The normalized spacial score (nSPS) is 10.8. The van der Waals surface area contributed by atoms with Gasteiger partial charge in [-0.25, -0.2) is 4.68 Å². The lowest BCUT2D eigenvalue weighted by Crippen LogP contribution is -2.00. The summed E-state index contributed by atoms with van der Waals surface area (Å²) in [7, 11) is 0. The van der Waals surface area contributed by atoms with E-state index in [2.05, 4.69) is 15.4 Å². The number of para-hydroxylation sites is 1. The van der Waals surface area contributed by atoms with Gasteiger partial charge in [0.25, 0.3) is 5.69 Å². The van der Waals surface area contributed by atoms with Gasteiger partial charge in [0.05, 0.1) is 22.2 Å². The van der Waals surface area contributed by atoms with Crippen LogP contribution < -0.4 is 5.32 Å². The van der Waals surface area contributed by atoms with Crippen molar-refractivity contribution in [3.63, 3.8) is 0 Å². The highest BCUT2D eigenvalue weighted by Crippen LogP contribution is 2.30. The zero-order valence-electron chi connectivity index (χ0n) is 13.7. The summed E-state index contributed by atoms with van der Waals surface area (Å²) in [5.41, 5.74) is 2.87. The molecule has 0 aliphatic rings. The molecule has 4 rings (SSSR count). The lowest BCUT2D eigenvalue weighted by atomic mass is 10.1. The van der Waals surface area contributed by atoms with E-state index in [1.807, 2.05) is 41.2 Å². The Morgan fingerprint density at radius 1 is 1.04 bits per heavy atom. The first-order valence-corrected chi connectivity index (χ1v) is 8.06. The second-order valence-electron chi connectivity index (χ2n) is 5.79. The van der Waals surface area contributed by atoms with E-state index >= 15 is 0 Å². The van der Waals surface area contributed by atoms with Gasteiger partial charge in [0, 0.05) is 47.8 Å². The predicted octanol–water partition coefficient (Wildman–Crippen LogP) is 3.94. The molecular weight excluding hydrogens is 330 g/mol. The molecule has 0 bridgehead atoms. The lowest BCUT2D eigenvalue weighted by Gasteiger charge is -2.09. The van der Waals surface area contributed by atoms with E-state index in [-0.39, 0.29) is 5.69 Å². The molecule has 0 unspecified atom stereocenters. The van der Waals surface area contributed by atoms with Gasteiger partial charge < -0.3 is 5.32 Å². The van der Waals surface area contributed by atoms with Crippen LogP contribution in [-0.4, -0.2) is 19.7 Å². The zero-order valence-corrected chi connectivity index (χ0v) is 13.7. The van der Waals surface area contributed by atoms with Gasteiger partial charge in [-0.3, -0.25) is 15.1 Å². The van der Waals surface area contributed by atoms with E-state index in [4.69, 9.17) is 0 Å². The summed E-state index contributed by atoms with van der Waals surface area (Å²) < 4.78 is 1.81. The molecule has 0 amide bonds. The first-order valence-electron chi connectivity index (χ1n) is 8.06. The van der Waals surface area contributed by atoms with Crippen molar-refractivity contribution in [3.8, 4) is 5.69 Å². The number of nitro groups is 1. The average molecular weight is 345 g/mol. The Morgan fingerprint density at radius 3 is 2.69 bits per heavy atom. The van der Waals surface area contributed by atoms with Crippen LogP contribution in [0.2, 0.25) is 0 Å². The van der Waals surface area contributed by atoms with Gasteiger partial charge in [0.15, 0.2) is 0 Å². The molecule has 26 heavy (non-hydrogen) atoms. The topological polar surface area (TPSA) is 85.9 Å². The van der Waals surface area contributed by atoms with Crippen molar-refractivity contribution in [2.75, 3.05) is 5.32 Å². The van der Waals surface area contributed by atoms with E-state index in [1.165, 1.54) is 12.3 Å². The Labute approximate surface area is 149 Å². The Balaban J connectivity index is 1.58. The van der Waals surface area contributed by atoms with Gasteiger partial charge in [-0.1, -0.05) is 18.2 Å². The van der Waals surface area contributed by atoms with Crippen molar-refractivity contribution in [2.24, 2.45) is 0 Å². The van der Waals surface area contributed by atoms with Crippen LogP contribution in [-0.2, 0) is 6.54 Å². The third-order valence-electron chi connectivity index (χ3n) is 4.13. The largest absolute Gasteiger partial charge is 0.380 e. The third kappa shape index (κ3) is 2.98. The van der Waals surface area contributed by atoms with Crippen molar-refractivity contribution >= 4 is 22.1 Å². The quantitative estimate of drug-likeness (QED) is 0.437. The van der Waals surface area contributed by atoms with Gasteiger partial charge in [0.2, 0.25) is 0 Å². The number of nitro benzene ring substituents is 1. The molecule has 0 atom stereocenters. The number of benzene rings is 2. The second kappa shape index (κ2) is 6.64. The van der Waals surface area contributed by atoms with Crippen molar-refractivity contribution in [1.29, 1.82) is 0 Å². The minimum atomic E-state index is -0.391. The molecule has 7 nitrogen and oxygen atoms in total. The summed E-state index contributed by atoms with van der Waals surface area (Å²) >= 11 is 0. The Morgan fingerprint density at radius 2 is 1.88 bits per heavy atom. The molecule has 2 heterocycles. The predicted molar refractivity (Wildman–Crippen MR) is 99.3 cm³/mol. The molecule has 0 radical (unpaired) electrons. The molecular formula is C19H15N5O2. The fraction of sp³-hybridized carbons (Fsp3) is 0.0526. The second-order valence-corrected chi connectivity index (χ2v) is 5.79. The molecule has 128 valence electrons. The van der Waals surface area contributed by atoms with Crippen LogP contribution in [0.3, 0.4) is 0 Å². The number of anilines is 1. The maximum Gasteiger partial charge on any atom is 0.278 e. The Kier molecular flexibility index (Phi) is 4.03. The van der Waals surface area contributed by atoms with Crippen LogP contribution in [0.15, 0.2) is 73.3 Å². The molecule has 4 aromatic rings. The first-order chi connectivity index (χ1) is 12.7. The van der Waals surface area contributed by atoms with Crippen LogP contribution in [0.1, 0.15) is 5.56 Å². The summed E-state index contributed by atoms with van der Waals surface area (Å²) in [5.74, 6) is 0. The van der Waals surface area contributed by atoms with Gasteiger partial charge in [-0.2, -0.15) is 5.10 Å². The number of hydrogen-bond acceptors (Lipinski definition) is 5. The van der Waals surface area contributed by atoms with Gasteiger partial charge >= 0.3 is 0 Å². The Bertz CT molecular complexity index is 1080. The van der Waals surface area contributed by atoms with E-state index in [0.29, 0.717) is 11.9 Å². The van der Waals surface area contributed by atoms with E-state index in [1.54, 1.807) is 24.5 Å². The van der Waals surface area contributed by atoms with Crippen LogP contribution in [0.5, 0.6) is 0 Å². The third-order valence-corrected chi connectivity index (χ3v) is 4.13. The van der Waals surface area contributed by atoms with Crippen LogP contribution in [0, 0.1) is 10.1 Å². The summed E-state index contributed by atoms with van der Waals surface area (Å²) in [6, 6.07) is 14.9. The standard InChI is InChI=1S/C19H15N5O2/c25-24(26)19-7-6-18(16-8-9-20-12-17(16)19)21-10-14-11-22-23(13-14)15-4-2-1-3-5-15/h1-9,11-13,21H,10H2. The smallest absolute Gasteiger partial charge is 0.278 e. The monoisotopic (exact) mass is 345 g/mol. The number of nitrogens with zero attached hydrogens (tertiary/aromatic N) is 4. The maximum atomic E-state index is 11.2. The molecule has 0 saturated carbocycles. The van der Waals surface area contributed by atoms with Gasteiger partial charge in [-0.05, 0) is 24.3 Å². The zero-order chi connectivity index (χ0) is 17.9.